The molecule has 0 bridgehead atoms. The van der Waals surface area contributed by atoms with Gasteiger partial charge in [0.15, 0.2) is 0 Å². The third-order valence-corrected chi connectivity index (χ3v) is 2.64. The van der Waals surface area contributed by atoms with Crippen molar-refractivity contribution >= 4 is 0 Å². The predicted octanol–water partition coefficient (Wildman–Crippen LogP) is 2.73. The summed E-state index contributed by atoms with van der Waals surface area (Å²) in [6.45, 7) is 0.474. The Hall–Kier alpha value is -2.15. The van der Waals surface area contributed by atoms with Crippen molar-refractivity contribution in [2.45, 2.75) is 12.8 Å². The van der Waals surface area contributed by atoms with Gasteiger partial charge in [-0.2, -0.15) is 5.26 Å². The number of nitrogens with two attached hydrogens (primary N) is 1. The lowest BCUT2D eigenvalue weighted by Crippen LogP contribution is -2.14. The van der Waals surface area contributed by atoms with Gasteiger partial charge in [-0.25, -0.2) is 0 Å². The highest BCUT2D eigenvalue weighted by Gasteiger charge is 2.06. The zero-order valence-electron chi connectivity index (χ0n) is 9.91. The van der Waals surface area contributed by atoms with Crippen LogP contribution in [0.3, 0.4) is 0 Å². The van der Waals surface area contributed by atoms with E-state index in [0.29, 0.717) is 12.2 Å². The van der Waals surface area contributed by atoms with Gasteiger partial charge >= 0.3 is 0 Å². The molecule has 2 aromatic carbocycles. The van der Waals surface area contributed by atoms with Crippen molar-refractivity contribution in [1.82, 2.24) is 0 Å². The van der Waals surface area contributed by atoms with Crippen molar-refractivity contribution in [3.63, 3.8) is 0 Å². The highest BCUT2D eigenvalue weighted by molar-refractivity contribution is 5.32. The monoisotopic (exact) mass is 238 g/mol. The van der Waals surface area contributed by atoms with Gasteiger partial charge in [-0.3, -0.25) is 0 Å². The fourth-order valence-corrected chi connectivity index (χ4v) is 1.60. The van der Waals surface area contributed by atoms with Crippen molar-refractivity contribution in [3.05, 3.63) is 71.3 Å². The van der Waals surface area contributed by atoms with Crippen molar-refractivity contribution in [1.29, 1.82) is 5.26 Å². The second-order valence-electron chi connectivity index (χ2n) is 3.95. The lowest BCUT2D eigenvalue weighted by molar-refractivity contribution is 0.0441. The first-order valence-electron chi connectivity index (χ1n) is 5.71. The molecule has 3 heteroatoms. The van der Waals surface area contributed by atoms with Crippen LogP contribution in [0.5, 0.6) is 0 Å². The van der Waals surface area contributed by atoms with Crippen LogP contribution in [0.4, 0.5) is 0 Å². The first-order chi connectivity index (χ1) is 8.79. The van der Waals surface area contributed by atoms with E-state index in [0.717, 1.165) is 11.1 Å². The summed E-state index contributed by atoms with van der Waals surface area (Å²) in [5.41, 5.74) is 8.50. The van der Waals surface area contributed by atoms with E-state index in [-0.39, 0.29) is 0 Å². The quantitative estimate of drug-likeness (QED) is 0.833. The molecule has 0 aliphatic heterocycles. The van der Waals surface area contributed by atoms with Crippen LogP contribution in [0.25, 0.3) is 0 Å². The summed E-state index contributed by atoms with van der Waals surface area (Å²) in [4.78, 5) is 0. The molecule has 0 aromatic heterocycles. The van der Waals surface area contributed by atoms with Gasteiger partial charge in [-0.05, 0) is 23.3 Å². The number of benzene rings is 2. The van der Waals surface area contributed by atoms with Crippen LogP contribution < -0.4 is 5.73 Å². The minimum atomic E-state index is -0.474. The minimum Gasteiger partial charge on any atom is -0.355 e. The van der Waals surface area contributed by atoms with Gasteiger partial charge in [-0.1, -0.05) is 42.5 Å². The standard InChI is InChI=1S/C15H14N2O/c16-10-12-6-8-14(9-7-12)15(17)18-11-13-4-2-1-3-5-13/h1-9,15H,11,17H2. The molecule has 0 saturated carbocycles. The molecule has 1 unspecified atom stereocenters. The Balaban J connectivity index is 1.95. The van der Waals surface area contributed by atoms with Crippen LogP contribution in [0.2, 0.25) is 0 Å². The number of hydrogen-bond acceptors (Lipinski definition) is 3. The largest absolute Gasteiger partial charge is 0.355 e. The molecule has 90 valence electrons. The molecule has 0 heterocycles. The lowest BCUT2D eigenvalue weighted by atomic mass is 10.1. The van der Waals surface area contributed by atoms with Crippen molar-refractivity contribution in [2.24, 2.45) is 5.73 Å². The summed E-state index contributed by atoms with van der Waals surface area (Å²) in [7, 11) is 0. The molecule has 2 rings (SSSR count). The maximum Gasteiger partial charge on any atom is 0.132 e. The zero-order chi connectivity index (χ0) is 12.8. The van der Waals surface area contributed by atoms with Gasteiger partial charge in [-0.15, -0.1) is 0 Å². The van der Waals surface area contributed by atoms with Crippen molar-refractivity contribution in [2.75, 3.05) is 0 Å². The zero-order valence-corrected chi connectivity index (χ0v) is 9.91. The van der Waals surface area contributed by atoms with Gasteiger partial charge in [0, 0.05) is 0 Å². The SMILES string of the molecule is N#Cc1ccc(C(N)OCc2ccccc2)cc1. The first kappa shape index (κ1) is 12.3. The fourth-order valence-electron chi connectivity index (χ4n) is 1.60. The van der Waals surface area contributed by atoms with E-state index in [1.54, 1.807) is 12.1 Å². The number of ether oxygens (including phenoxy) is 1. The molecular formula is C15H14N2O. The van der Waals surface area contributed by atoms with E-state index in [1.165, 1.54) is 0 Å². The molecule has 3 nitrogen and oxygen atoms in total. The Bertz CT molecular complexity index is 529. The summed E-state index contributed by atoms with van der Waals surface area (Å²) >= 11 is 0. The Morgan fingerprint density at radius 3 is 2.33 bits per heavy atom. The summed E-state index contributed by atoms with van der Waals surface area (Å²) in [6, 6.07) is 19.0. The van der Waals surface area contributed by atoms with Crippen molar-refractivity contribution < 1.29 is 4.74 Å². The van der Waals surface area contributed by atoms with Crippen LogP contribution >= 0.6 is 0 Å². The molecule has 0 aliphatic carbocycles. The van der Waals surface area contributed by atoms with Gasteiger partial charge in [0.25, 0.3) is 0 Å². The minimum absolute atomic E-state index is 0.474. The van der Waals surface area contributed by atoms with Gasteiger partial charge in [0.2, 0.25) is 0 Å². The van der Waals surface area contributed by atoms with E-state index in [9.17, 15) is 0 Å². The van der Waals surface area contributed by atoms with E-state index in [4.69, 9.17) is 15.7 Å². The van der Waals surface area contributed by atoms with Gasteiger partial charge in [0.1, 0.15) is 6.23 Å². The maximum absolute atomic E-state index is 8.71. The van der Waals surface area contributed by atoms with Crippen molar-refractivity contribution in [3.8, 4) is 6.07 Å². The van der Waals surface area contributed by atoms with Crippen LogP contribution in [-0.4, -0.2) is 0 Å². The molecule has 0 radical (unpaired) electrons. The summed E-state index contributed by atoms with van der Waals surface area (Å²) in [5, 5.41) is 8.71. The maximum atomic E-state index is 8.71. The Kier molecular flexibility index (Phi) is 4.08. The number of rotatable bonds is 4. The molecule has 18 heavy (non-hydrogen) atoms. The third kappa shape index (κ3) is 3.17. The molecule has 0 saturated heterocycles. The molecule has 0 spiro atoms. The van der Waals surface area contributed by atoms with E-state index in [1.807, 2.05) is 42.5 Å². The highest BCUT2D eigenvalue weighted by atomic mass is 16.5. The van der Waals surface area contributed by atoms with E-state index < -0.39 is 6.23 Å². The molecule has 0 fully saturated rings. The Morgan fingerprint density at radius 2 is 1.72 bits per heavy atom. The van der Waals surface area contributed by atoms with Gasteiger partial charge in [0.05, 0.1) is 18.2 Å². The van der Waals surface area contributed by atoms with Crippen LogP contribution in [0.15, 0.2) is 54.6 Å². The number of hydrogen-bond donors (Lipinski definition) is 1. The molecule has 1 atom stereocenters. The normalized spacial score (nSPS) is 11.8. The van der Waals surface area contributed by atoms with E-state index in [2.05, 4.69) is 6.07 Å². The summed E-state index contributed by atoms with van der Waals surface area (Å²) in [6.07, 6.45) is -0.474. The average Bonchev–Trinajstić information content (AvgIpc) is 2.46. The number of nitrogens with zero attached hydrogens (tertiary/aromatic N) is 1. The van der Waals surface area contributed by atoms with Crippen LogP contribution in [0, 0.1) is 11.3 Å². The smallest absolute Gasteiger partial charge is 0.132 e. The predicted molar refractivity (Wildman–Crippen MR) is 69.3 cm³/mol. The first-order valence-corrected chi connectivity index (χ1v) is 5.71. The topological polar surface area (TPSA) is 59.0 Å². The third-order valence-electron chi connectivity index (χ3n) is 2.64. The molecule has 2 N–H and O–H groups in total. The van der Waals surface area contributed by atoms with Gasteiger partial charge < -0.3 is 10.5 Å². The van der Waals surface area contributed by atoms with Crippen LogP contribution in [0.1, 0.15) is 22.9 Å². The molecule has 2 aromatic rings. The molecule has 0 aliphatic rings. The second kappa shape index (κ2) is 5.97. The number of nitriles is 1. The Morgan fingerprint density at radius 1 is 1.06 bits per heavy atom. The average molecular weight is 238 g/mol. The highest BCUT2D eigenvalue weighted by Crippen LogP contribution is 2.14. The molecule has 0 amide bonds. The van der Waals surface area contributed by atoms with E-state index >= 15 is 0 Å². The Labute approximate surface area is 106 Å². The summed E-state index contributed by atoms with van der Waals surface area (Å²) < 4.78 is 5.58. The second-order valence-corrected chi connectivity index (χ2v) is 3.95. The lowest BCUT2D eigenvalue weighted by Gasteiger charge is -2.13. The molecular weight excluding hydrogens is 224 g/mol. The summed E-state index contributed by atoms with van der Waals surface area (Å²) in [5.74, 6) is 0. The van der Waals surface area contributed by atoms with Crippen LogP contribution in [-0.2, 0) is 11.3 Å². The fraction of sp³-hybridized carbons (Fsp3) is 0.133.